The first-order valence-corrected chi connectivity index (χ1v) is 12.0. The molecule has 3 aromatic carbocycles. The summed E-state index contributed by atoms with van der Waals surface area (Å²) in [5, 5.41) is 3.28. The average Bonchev–Trinajstić information content (AvgIpc) is 2.75. The van der Waals surface area contributed by atoms with E-state index in [0.29, 0.717) is 28.6 Å². The van der Waals surface area contributed by atoms with Crippen LogP contribution < -0.4 is 14.8 Å². The number of halogens is 1. The second kappa shape index (κ2) is 10.1. The molecule has 0 aliphatic carbocycles. The van der Waals surface area contributed by atoms with Gasteiger partial charge in [0.05, 0.1) is 10.6 Å². The van der Waals surface area contributed by atoms with Crippen LogP contribution in [-0.4, -0.2) is 20.4 Å². The van der Waals surface area contributed by atoms with Gasteiger partial charge in [-0.2, -0.15) is 0 Å². The number of hydrogen-bond donors (Lipinski definition) is 2. The number of carbonyl (C=O) groups excluding carboxylic acids is 1. The molecule has 6 nitrogen and oxygen atoms in total. The van der Waals surface area contributed by atoms with E-state index in [-0.39, 0.29) is 10.8 Å². The van der Waals surface area contributed by atoms with Gasteiger partial charge in [0, 0.05) is 10.7 Å². The molecule has 0 aromatic heterocycles. The monoisotopic (exact) mass is 472 g/mol. The van der Waals surface area contributed by atoms with Crippen molar-refractivity contribution < 1.29 is 17.9 Å². The van der Waals surface area contributed by atoms with E-state index in [1.54, 1.807) is 36.4 Å². The van der Waals surface area contributed by atoms with Gasteiger partial charge in [0.1, 0.15) is 5.75 Å². The highest BCUT2D eigenvalue weighted by Crippen LogP contribution is 2.24. The maximum atomic E-state index is 12.8. The van der Waals surface area contributed by atoms with Crippen LogP contribution in [0.15, 0.2) is 71.6 Å². The highest BCUT2D eigenvalue weighted by Gasteiger charge is 2.20. The van der Waals surface area contributed by atoms with E-state index >= 15 is 0 Å². The second-order valence-electron chi connectivity index (χ2n) is 7.36. The van der Waals surface area contributed by atoms with Crippen molar-refractivity contribution in [3.8, 4) is 5.75 Å². The first-order valence-electron chi connectivity index (χ1n) is 10.1. The number of ether oxygens (including phenoxy) is 1. The van der Waals surface area contributed by atoms with Crippen LogP contribution in [0.4, 0.5) is 11.4 Å². The van der Waals surface area contributed by atoms with E-state index in [1.165, 1.54) is 12.1 Å². The SMILES string of the molecule is CC[C@@H](Oc1cccc(Cl)c1)C(=O)Nc1ccc(S(=O)(=O)Nc2c(C)cccc2C)cc1. The Morgan fingerprint density at radius 2 is 1.62 bits per heavy atom. The summed E-state index contributed by atoms with van der Waals surface area (Å²) >= 11 is 5.97. The van der Waals surface area contributed by atoms with Crippen molar-refractivity contribution in [2.24, 2.45) is 0 Å². The predicted octanol–water partition coefficient (Wildman–Crippen LogP) is 5.55. The second-order valence-corrected chi connectivity index (χ2v) is 9.48. The molecule has 3 aromatic rings. The Balaban J connectivity index is 1.70. The van der Waals surface area contributed by atoms with Crippen LogP contribution in [0.1, 0.15) is 24.5 Å². The van der Waals surface area contributed by atoms with Crippen molar-refractivity contribution in [2.75, 3.05) is 10.0 Å². The number of para-hydroxylation sites is 1. The van der Waals surface area contributed by atoms with Gasteiger partial charge in [0.2, 0.25) is 0 Å². The first kappa shape index (κ1) is 23.6. The zero-order chi connectivity index (χ0) is 23.3. The topological polar surface area (TPSA) is 84.5 Å². The molecule has 168 valence electrons. The van der Waals surface area contributed by atoms with Gasteiger partial charge in [-0.1, -0.05) is 42.8 Å². The van der Waals surface area contributed by atoms with Gasteiger partial charge in [0.15, 0.2) is 6.10 Å². The molecule has 1 atom stereocenters. The Morgan fingerprint density at radius 3 is 2.22 bits per heavy atom. The lowest BCUT2D eigenvalue weighted by molar-refractivity contribution is -0.122. The molecular weight excluding hydrogens is 448 g/mol. The first-order chi connectivity index (χ1) is 15.2. The average molecular weight is 473 g/mol. The molecule has 0 radical (unpaired) electrons. The van der Waals surface area contributed by atoms with Crippen LogP contribution in [0.25, 0.3) is 0 Å². The molecule has 0 aliphatic heterocycles. The predicted molar refractivity (Wildman–Crippen MR) is 128 cm³/mol. The Labute approximate surface area is 193 Å². The normalized spacial score (nSPS) is 12.1. The maximum Gasteiger partial charge on any atom is 0.265 e. The van der Waals surface area contributed by atoms with E-state index in [9.17, 15) is 13.2 Å². The van der Waals surface area contributed by atoms with E-state index < -0.39 is 16.1 Å². The van der Waals surface area contributed by atoms with E-state index in [4.69, 9.17) is 16.3 Å². The fourth-order valence-corrected chi connectivity index (χ4v) is 4.52. The van der Waals surface area contributed by atoms with Crippen LogP contribution in [0, 0.1) is 13.8 Å². The highest BCUT2D eigenvalue weighted by molar-refractivity contribution is 7.92. The molecule has 0 aliphatic rings. The molecule has 0 saturated carbocycles. The summed E-state index contributed by atoms with van der Waals surface area (Å²) in [6.45, 7) is 5.53. The summed E-state index contributed by atoms with van der Waals surface area (Å²) in [5.41, 5.74) is 2.70. The molecule has 2 N–H and O–H groups in total. The molecule has 32 heavy (non-hydrogen) atoms. The van der Waals surface area contributed by atoms with Gasteiger partial charge < -0.3 is 10.1 Å². The lowest BCUT2D eigenvalue weighted by atomic mass is 10.1. The molecule has 8 heteroatoms. The minimum Gasteiger partial charge on any atom is -0.481 e. The van der Waals surface area contributed by atoms with Crippen molar-refractivity contribution in [3.63, 3.8) is 0 Å². The summed E-state index contributed by atoms with van der Waals surface area (Å²) in [6.07, 6.45) is -0.271. The van der Waals surface area contributed by atoms with Crippen LogP contribution >= 0.6 is 11.6 Å². The summed E-state index contributed by atoms with van der Waals surface area (Å²) in [5.74, 6) is 0.162. The summed E-state index contributed by atoms with van der Waals surface area (Å²) in [6, 6.07) is 18.4. The van der Waals surface area contributed by atoms with E-state index in [0.717, 1.165) is 11.1 Å². The highest BCUT2D eigenvalue weighted by atomic mass is 35.5. The molecule has 0 spiro atoms. The van der Waals surface area contributed by atoms with E-state index in [2.05, 4.69) is 10.0 Å². The number of anilines is 2. The van der Waals surface area contributed by atoms with Gasteiger partial charge in [-0.25, -0.2) is 8.42 Å². The lowest BCUT2D eigenvalue weighted by Gasteiger charge is -2.18. The Kier molecular flexibility index (Phi) is 7.43. The Morgan fingerprint density at radius 1 is 1.00 bits per heavy atom. The number of sulfonamides is 1. The minimum absolute atomic E-state index is 0.0976. The number of hydrogen-bond acceptors (Lipinski definition) is 4. The van der Waals surface area contributed by atoms with Crippen molar-refractivity contribution in [1.29, 1.82) is 0 Å². The quantitative estimate of drug-likeness (QED) is 0.450. The van der Waals surface area contributed by atoms with Gasteiger partial charge in [-0.15, -0.1) is 0 Å². The summed E-state index contributed by atoms with van der Waals surface area (Å²) in [4.78, 5) is 12.7. The zero-order valence-corrected chi connectivity index (χ0v) is 19.6. The number of amides is 1. The van der Waals surface area contributed by atoms with Gasteiger partial charge in [-0.3, -0.25) is 9.52 Å². The molecule has 1 amide bonds. The number of benzene rings is 3. The van der Waals surface area contributed by atoms with Crippen LogP contribution in [0.2, 0.25) is 5.02 Å². The standard InChI is InChI=1S/C24H25ClN2O4S/c1-4-22(31-20-10-6-9-18(25)15-20)24(28)26-19-11-13-21(14-12-19)32(29,30)27-23-16(2)7-5-8-17(23)3/h5-15,22,27H,4H2,1-3H3,(H,26,28)/t22-/m1/s1. The van der Waals surface area contributed by atoms with Crippen LogP contribution in [0.5, 0.6) is 5.75 Å². The van der Waals surface area contributed by atoms with E-state index in [1.807, 2.05) is 39.0 Å². The summed E-state index contributed by atoms with van der Waals surface area (Å²) < 4.78 is 34.0. The minimum atomic E-state index is -3.77. The fraction of sp³-hybridized carbons (Fsp3) is 0.208. The molecule has 3 rings (SSSR count). The number of nitrogens with one attached hydrogen (secondary N) is 2. The van der Waals surface area contributed by atoms with Gasteiger partial charge in [-0.05, 0) is 73.9 Å². The third-order valence-electron chi connectivity index (χ3n) is 4.89. The number of aryl methyl sites for hydroxylation is 2. The lowest BCUT2D eigenvalue weighted by Crippen LogP contribution is -2.32. The third-order valence-corrected chi connectivity index (χ3v) is 6.49. The molecule has 0 bridgehead atoms. The van der Waals surface area contributed by atoms with Crippen molar-refractivity contribution >= 4 is 38.9 Å². The van der Waals surface area contributed by atoms with Crippen LogP contribution in [-0.2, 0) is 14.8 Å². The number of rotatable bonds is 8. The Hall–Kier alpha value is -3.03. The molecule has 0 fully saturated rings. The number of carbonyl (C=O) groups is 1. The van der Waals surface area contributed by atoms with Crippen LogP contribution in [0.3, 0.4) is 0 Å². The largest absolute Gasteiger partial charge is 0.481 e. The fourth-order valence-electron chi connectivity index (χ4n) is 3.14. The van der Waals surface area contributed by atoms with Crippen molar-refractivity contribution in [2.45, 2.75) is 38.2 Å². The molecule has 0 unspecified atom stereocenters. The maximum absolute atomic E-state index is 12.8. The van der Waals surface area contributed by atoms with Gasteiger partial charge in [0.25, 0.3) is 15.9 Å². The third kappa shape index (κ3) is 5.81. The van der Waals surface area contributed by atoms with Crippen molar-refractivity contribution in [3.05, 3.63) is 82.9 Å². The van der Waals surface area contributed by atoms with Gasteiger partial charge >= 0.3 is 0 Å². The molecule has 0 heterocycles. The Bertz CT molecular complexity index is 1190. The molecule has 0 saturated heterocycles. The smallest absolute Gasteiger partial charge is 0.265 e. The zero-order valence-electron chi connectivity index (χ0n) is 18.1. The molecular formula is C24H25ClN2O4S. The summed E-state index contributed by atoms with van der Waals surface area (Å²) in [7, 11) is -3.77. The van der Waals surface area contributed by atoms with Crippen molar-refractivity contribution in [1.82, 2.24) is 0 Å².